The number of ether oxygens (including phenoxy) is 1. The third-order valence-electron chi connectivity index (χ3n) is 3.16. The normalized spacial score (nSPS) is 24.3. The fraction of sp³-hybridized carbons (Fsp3) is 0.538. The highest BCUT2D eigenvalue weighted by Gasteiger charge is 2.32. The van der Waals surface area contributed by atoms with Crippen LogP contribution in [0.15, 0.2) is 24.3 Å². The van der Waals surface area contributed by atoms with Gasteiger partial charge < -0.3 is 10.1 Å². The summed E-state index contributed by atoms with van der Waals surface area (Å²) < 4.78 is 5.79. The molecule has 2 rings (SSSR count). The minimum absolute atomic E-state index is 0.0993. The molecule has 0 radical (unpaired) electrons. The van der Waals surface area contributed by atoms with E-state index in [0.29, 0.717) is 6.04 Å². The van der Waals surface area contributed by atoms with E-state index in [1.165, 1.54) is 5.56 Å². The van der Waals surface area contributed by atoms with Crippen molar-refractivity contribution in [2.24, 2.45) is 0 Å². The summed E-state index contributed by atoms with van der Waals surface area (Å²) in [6.07, 6.45) is 0.976. The lowest BCUT2D eigenvalue weighted by atomic mass is 9.91. The maximum atomic E-state index is 5.87. The van der Waals surface area contributed by atoms with Gasteiger partial charge in [0.15, 0.2) is 0 Å². The van der Waals surface area contributed by atoms with Gasteiger partial charge in [-0.1, -0.05) is 23.7 Å². The highest BCUT2D eigenvalue weighted by Crippen LogP contribution is 2.22. The molecule has 2 nitrogen and oxygen atoms in total. The van der Waals surface area contributed by atoms with Gasteiger partial charge in [-0.2, -0.15) is 0 Å². The van der Waals surface area contributed by atoms with Gasteiger partial charge in [-0.15, -0.1) is 0 Å². The van der Waals surface area contributed by atoms with Crippen LogP contribution in [0.4, 0.5) is 0 Å². The summed E-state index contributed by atoms with van der Waals surface area (Å²) in [5.41, 5.74) is 1.19. The molecule has 1 fully saturated rings. The first-order valence-corrected chi connectivity index (χ1v) is 6.07. The van der Waals surface area contributed by atoms with E-state index in [2.05, 4.69) is 31.3 Å². The Morgan fingerprint density at radius 1 is 1.38 bits per heavy atom. The molecule has 1 heterocycles. The average Bonchev–Trinajstić information content (AvgIpc) is 2.24. The molecule has 3 heteroatoms. The Hall–Kier alpha value is -0.570. The van der Waals surface area contributed by atoms with Crippen LogP contribution in [-0.2, 0) is 11.2 Å². The second-order valence-electron chi connectivity index (χ2n) is 4.79. The molecule has 1 N–H and O–H groups in total. The molecule has 16 heavy (non-hydrogen) atoms. The number of nitrogens with one attached hydrogen (secondary N) is 1. The highest BCUT2D eigenvalue weighted by molar-refractivity contribution is 6.30. The van der Waals surface area contributed by atoms with E-state index >= 15 is 0 Å². The van der Waals surface area contributed by atoms with E-state index in [0.717, 1.165) is 24.6 Å². The lowest BCUT2D eigenvalue weighted by Gasteiger charge is -2.39. The van der Waals surface area contributed by atoms with Gasteiger partial charge in [0.1, 0.15) is 0 Å². The van der Waals surface area contributed by atoms with Gasteiger partial charge >= 0.3 is 0 Å². The largest absolute Gasteiger partial charge is 0.373 e. The van der Waals surface area contributed by atoms with Gasteiger partial charge in [0.05, 0.1) is 12.2 Å². The van der Waals surface area contributed by atoms with Crippen LogP contribution in [0.25, 0.3) is 0 Å². The minimum atomic E-state index is -0.0993. The molecule has 0 saturated carbocycles. The van der Waals surface area contributed by atoms with Gasteiger partial charge in [-0.05, 0) is 38.0 Å². The highest BCUT2D eigenvalue weighted by atomic mass is 35.5. The minimum Gasteiger partial charge on any atom is -0.373 e. The Labute approximate surface area is 102 Å². The van der Waals surface area contributed by atoms with E-state index < -0.39 is 0 Å². The lowest BCUT2D eigenvalue weighted by molar-refractivity contribution is -0.0706. The quantitative estimate of drug-likeness (QED) is 0.857. The zero-order chi connectivity index (χ0) is 11.6. The summed E-state index contributed by atoms with van der Waals surface area (Å²) in [7, 11) is 0. The number of hydrogen-bond donors (Lipinski definition) is 1. The predicted octanol–water partition coefficient (Wildman–Crippen LogP) is 2.65. The van der Waals surface area contributed by atoms with Crippen LogP contribution in [0, 0.1) is 0 Å². The Morgan fingerprint density at radius 3 is 2.69 bits per heavy atom. The topological polar surface area (TPSA) is 21.3 Å². The summed E-state index contributed by atoms with van der Waals surface area (Å²) in [4.78, 5) is 0. The van der Waals surface area contributed by atoms with Crippen molar-refractivity contribution >= 4 is 11.6 Å². The van der Waals surface area contributed by atoms with Crippen molar-refractivity contribution in [1.29, 1.82) is 0 Å². The number of rotatable bonds is 2. The van der Waals surface area contributed by atoms with Crippen molar-refractivity contribution in [3.8, 4) is 0 Å². The van der Waals surface area contributed by atoms with E-state index in [4.69, 9.17) is 16.3 Å². The molecule has 0 spiro atoms. The van der Waals surface area contributed by atoms with Crippen molar-refractivity contribution in [2.45, 2.75) is 31.9 Å². The van der Waals surface area contributed by atoms with Crippen molar-refractivity contribution in [3.63, 3.8) is 0 Å². The third-order valence-corrected chi connectivity index (χ3v) is 3.41. The molecule has 1 aromatic rings. The smallest absolute Gasteiger partial charge is 0.0782 e. The van der Waals surface area contributed by atoms with Crippen molar-refractivity contribution in [2.75, 3.05) is 13.2 Å². The Kier molecular flexibility index (Phi) is 3.53. The van der Waals surface area contributed by atoms with E-state index in [-0.39, 0.29) is 5.60 Å². The Bertz CT molecular complexity index is 347. The van der Waals surface area contributed by atoms with Crippen LogP contribution in [0.3, 0.4) is 0 Å². The van der Waals surface area contributed by atoms with Gasteiger partial charge in [0.25, 0.3) is 0 Å². The molecule has 0 aliphatic carbocycles. The van der Waals surface area contributed by atoms with Gasteiger partial charge in [-0.25, -0.2) is 0 Å². The second kappa shape index (κ2) is 4.74. The fourth-order valence-electron chi connectivity index (χ4n) is 2.07. The molecule has 1 aromatic carbocycles. The van der Waals surface area contributed by atoms with Crippen LogP contribution in [0.2, 0.25) is 5.02 Å². The first-order valence-electron chi connectivity index (χ1n) is 5.70. The fourth-order valence-corrected chi connectivity index (χ4v) is 2.19. The summed E-state index contributed by atoms with van der Waals surface area (Å²) in [5.74, 6) is 0. The Morgan fingerprint density at radius 2 is 2.06 bits per heavy atom. The molecule has 1 aliphatic rings. The predicted molar refractivity (Wildman–Crippen MR) is 67.0 cm³/mol. The monoisotopic (exact) mass is 239 g/mol. The first-order chi connectivity index (χ1) is 7.58. The van der Waals surface area contributed by atoms with E-state index in [1.54, 1.807) is 0 Å². The molecule has 0 aromatic heterocycles. The molecular weight excluding hydrogens is 222 g/mol. The van der Waals surface area contributed by atoms with E-state index in [9.17, 15) is 0 Å². The van der Waals surface area contributed by atoms with Crippen molar-refractivity contribution < 1.29 is 4.74 Å². The molecule has 1 atom stereocenters. The molecule has 1 saturated heterocycles. The standard InChI is InChI=1S/C13H18ClNO/c1-13(2)12(15-7-8-16-13)9-10-3-5-11(14)6-4-10/h3-6,12,15H,7-9H2,1-2H3. The number of benzene rings is 1. The maximum Gasteiger partial charge on any atom is 0.0782 e. The van der Waals surface area contributed by atoms with E-state index in [1.807, 2.05) is 12.1 Å². The van der Waals surface area contributed by atoms with Crippen LogP contribution in [0.1, 0.15) is 19.4 Å². The number of morpholine rings is 1. The zero-order valence-corrected chi connectivity index (χ0v) is 10.6. The SMILES string of the molecule is CC1(C)OCCNC1Cc1ccc(Cl)cc1. The zero-order valence-electron chi connectivity index (χ0n) is 9.79. The van der Waals surface area contributed by atoms with Crippen LogP contribution in [-0.4, -0.2) is 24.8 Å². The van der Waals surface area contributed by atoms with Gasteiger partial charge in [0.2, 0.25) is 0 Å². The maximum absolute atomic E-state index is 5.87. The molecular formula is C13H18ClNO. The molecule has 1 unspecified atom stereocenters. The van der Waals surface area contributed by atoms with Gasteiger partial charge in [-0.3, -0.25) is 0 Å². The van der Waals surface area contributed by atoms with Crippen molar-refractivity contribution in [3.05, 3.63) is 34.9 Å². The van der Waals surface area contributed by atoms with Gasteiger partial charge in [0, 0.05) is 17.6 Å². The average molecular weight is 240 g/mol. The lowest BCUT2D eigenvalue weighted by Crippen LogP contribution is -2.55. The third kappa shape index (κ3) is 2.76. The first kappa shape index (κ1) is 11.9. The summed E-state index contributed by atoms with van der Waals surface area (Å²) >= 11 is 5.87. The van der Waals surface area contributed by atoms with Crippen molar-refractivity contribution in [1.82, 2.24) is 5.32 Å². The molecule has 88 valence electrons. The van der Waals surface area contributed by atoms with Crippen LogP contribution < -0.4 is 5.32 Å². The molecule has 0 amide bonds. The number of halogens is 1. The summed E-state index contributed by atoms with van der Waals surface area (Å²) in [6, 6.07) is 8.40. The molecule has 1 aliphatic heterocycles. The van der Waals surface area contributed by atoms with Crippen LogP contribution in [0.5, 0.6) is 0 Å². The number of hydrogen-bond acceptors (Lipinski definition) is 2. The summed E-state index contributed by atoms with van der Waals surface area (Å²) in [6.45, 7) is 6.01. The molecule has 0 bridgehead atoms. The summed E-state index contributed by atoms with van der Waals surface area (Å²) in [5, 5.41) is 4.30. The second-order valence-corrected chi connectivity index (χ2v) is 5.23. The Balaban J connectivity index is 2.05. The van der Waals surface area contributed by atoms with Crippen LogP contribution >= 0.6 is 11.6 Å².